The monoisotopic (exact) mass is 371 g/mol. The average molecular weight is 372 g/mol. The third-order valence-corrected chi connectivity index (χ3v) is 6.73. The van der Waals surface area contributed by atoms with Crippen molar-refractivity contribution in [1.82, 2.24) is 4.31 Å². The number of hydrogen-bond acceptors (Lipinski definition) is 4. The zero-order valence-corrected chi connectivity index (χ0v) is 14.9. The van der Waals surface area contributed by atoms with Crippen molar-refractivity contribution in [2.75, 3.05) is 13.2 Å². The number of thiophene rings is 1. The fourth-order valence-electron chi connectivity index (χ4n) is 2.60. The van der Waals surface area contributed by atoms with E-state index in [1.165, 1.54) is 4.31 Å². The molecule has 0 unspecified atom stereocenters. The Labute approximate surface area is 145 Å². The van der Waals surface area contributed by atoms with Gasteiger partial charge in [0.05, 0.1) is 11.0 Å². The predicted molar refractivity (Wildman–Crippen MR) is 92.3 cm³/mol. The second kappa shape index (κ2) is 7.32. The molecule has 0 radical (unpaired) electrons. The van der Waals surface area contributed by atoms with Crippen LogP contribution in [-0.4, -0.2) is 32.0 Å². The van der Waals surface area contributed by atoms with Crippen LogP contribution in [0.2, 0.25) is 5.02 Å². The van der Waals surface area contributed by atoms with Crippen LogP contribution < -0.4 is 0 Å². The van der Waals surface area contributed by atoms with Crippen LogP contribution in [0.5, 0.6) is 0 Å². The van der Waals surface area contributed by atoms with Gasteiger partial charge in [0, 0.05) is 29.6 Å². The lowest BCUT2D eigenvalue weighted by Gasteiger charge is -2.24. The highest BCUT2D eigenvalue weighted by molar-refractivity contribution is 7.89. The van der Waals surface area contributed by atoms with Crippen molar-refractivity contribution >= 4 is 33.0 Å². The molecule has 2 aromatic rings. The fourth-order valence-corrected chi connectivity index (χ4v) is 4.97. The van der Waals surface area contributed by atoms with E-state index in [9.17, 15) is 8.42 Å². The van der Waals surface area contributed by atoms with Crippen LogP contribution in [0.3, 0.4) is 0 Å². The molecule has 4 nitrogen and oxygen atoms in total. The summed E-state index contributed by atoms with van der Waals surface area (Å²) in [6, 6.07) is 10.2. The molecule has 1 aliphatic rings. The summed E-state index contributed by atoms with van der Waals surface area (Å²) >= 11 is 7.42. The van der Waals surface area contributed by atoms with Gasteiger partial charge in [0.15, 0.2) is 0 Å². The highest BCUT2D eigenvalue weighted by Gasteiger charge is 2.29. The van der Waals surface area contributed by atoms with Crippen molar-refractivity contribution in [3.63, 3.8) is 0 Å². The Bertz CT molecular complexity index is 723. The second-order valence-electron chi connectivity index (χ2n) is 5.47. The Morgan fingerprint density at radius 2 is 2.04 bits per heavy atom. The van der Waals surface area contributed by atoms with Gasteiger partial charge in [-0.05, 0) is 48.6 Å². The SMILES string of the molecule is O=S(=O)(c1ccc(Cl)cc1)N(Cc1cccs1)C[C@@H]1CCCO1. The number of halogens is 1. The molecule has 7 heteroatoms. The summed E-state index contributed by atoms with van der Waals surface area (Å²) in [5.74, 6) is 0. The molecule has 0 N–H and O–H groups in total. The average Bonchev–Trinajstić information content (AvgIpc) is 3.20. The van der Waals surface area contributed by atoms with Gasteiger partial charge in [0.2, 0.25) is 10.0 Å². The van der Waals surface area contributed by atoms with Crippen LogP contribution in [0.25, 0.3) is 0 Å². The second-order valence-corrected chi connectivity index (χ2v) is 8.87. The van der Waals surface area contributed by atoms with Gasteiger partial charge in [-0.1, -0.05) is 17.7 Å². The molecule has 1 aromatic carbocycles. The molecule has 0 aliphatic carbocycles. The van der Waals surface area contributed by atoms with Gasteiger partial charge in [-0.15, -0.1) is 11.3 Å². The van der Waals surface area contributed by atoms with Gasteiger partial charge in [-0.2, -0.15) is 4.31 Å². The van der Waals surface area contributed by atoms with Gasteiger partial charge in [-0.3, -0.25) is 0 Å². The van der Waals surface area contributed by atoms with Crippen LogP contribution in [0.4, 0.5) is 0 Å². The van der Waals surface area contributed by atoms with E-state index in [1.807, 2.05) is 17.5 Å². The molecule has 0 amide bonds. The van der Waals surface area contributed by atoms with Crippen LogP contribution in [0.15, 0.2) is 46.7 Å². The van der Waals surface area contributed by atoms with Gasteiger partial charge < -0.3 is 4.74 Å². The predicted octanol–water partition coefficient (Wildman–Crippen LogP) is 3.77. The van der Waals surface area contributed by atoms with E-state index in [4.69, 9.17) is 16.3 Å². The van der Waals surface area contributed by atoms with Crippen molar-refractivity contribution in [2.45, 2.75) is 30.4 Å². The van der Waals surface area contributed by atoms with Gasteiger partial charge in [0.1, 0.15) is 0 Å². The number of sulfonamides is 1. The Balaban J connectivity index is 1.87. The van der Waals surface area contributed by atoms with E-state index in [0.29, 0.717) is 24.7 Å². The maximum atomic E-state index is 13.0. The van der Waals surface area contributed by atoms with E-state index in [0.717, 1.165) is 17.7 Å². The smallest absolute Gasteiger partial charge is 0.243 e. The van der Waals surface area contributed by atoms with Crippen molar-refractivity contribution in [2.24, 2.45) is 0 Å². The van der Waals surface area contributed by atoms with Crippen LogP contribution in [-0.2, 0) is 21.3 Å². The summed E-state index contributed by atoms with van der Waals surface area (Å²) in [4.78, 5) is 1.27. The molecular formula is C16H18ClNO3S2. The normalized spacial score (nSPS) is 18.6. The van der Waals surface area contributed by atoms with E-state index in [1.54, 1.807) is 35.6 Å². The van der Waals surface area contributed by atoms with Crippen molar-refractivity contribution in [3.05, 3.63) is 51.7 Å². The molecule has 1 fully saturated rings. The standard InChI is InChI=1S/C16H18ClNO3S2/c17-13-5-7-16(8-6-13)23(19,20)18(11-14-3-1-9-21-14)12-15-4-2-10-22-15/h2,4-8,10,14H,1,3,9,11-12H2/t14-/m0/s1. The summed E-state index contributed by atoms with van der Waals surface area (Å²) < 4.78 is 33.1. The molecule has 1 atom stereocenters. The molecule has 2 heterocycles. The summed E-state index contributed by atoms with van der Waals surface area (Å²) in [6.07, 6.45) is 1.85. The molecule has 1 aliphatic heterocycles. The van der Waals surface area contributed by atoms with E-state index in [-0.39, 0.29) is 11.0 Å². The summed E-state index contributed by atoms with van der Waals surface area (Å²) in [5.41, 5.74) is 0. The quantitative estimate of drug-likeness (QED) is 0.776. The minimum Gasteiger partial charge on any atom is -0.377 e. The summed E-state index contributed by atoms with van der Waals surface area (Å²) in [7, 11) is -3.58. The summed E-state index contributed by atoms with van der Waals surface area (Å²) in [6.45, 7) is 1.45. The molecular weight excluding hydrogens is 354 g/mol. The molecule has 0 spiro atoms. The molecule has 1 saturated heterocycles. The minimum atomic E-state index is -3.58. The number of hydrogen-bond donors (Lipinski definition) is 0. The minimum absolute atomic E-state index is 0.0305. The molecule has 23 heavy (non-hydrogen) atoms. The molecule has 124 valence electrons. The number of ether oxygens (including phenoxy) is 1. The fraction of sp³-hybridized carbons (Fsp3) is 0.375. The van der Waals surface area contributed by atoms with Crippen LogP contribution in [0.1, 0.15) is 17.7 Å². The van der Waals surface area contributed by atoms with Gasteiger partial charge in [-0.25, -0.2) is 8.42 Å². The lowest BCUT2D eigenvalue weighted by Crippen LogP contribution is -2.36. The first-order chi connectivity index (χ1) is 11.1. The first-order valence-electron chi connectivity index (χ1n) is 7.45. The number of rotatable bonds is 6. The maximum Gasteiger partial charge on any atom is 0.243 e. The Morgan fingerprint density at radius 1 is 1.26 bits per heavy atom. The highest BCUT2D eigenvalue weighted by Crippen LogP contribution is 2.24. The zero-order valence-electron chi connectivity index (χ0n) is 12.5. The largest absolute Gasteiger partial charge is 0.377 e. The van der Waals surface area contributed by atoms with Crippen molar-refractivity contribution in [1.29, 1.82) is 0 Å². The highest BCUT2D eigenvalue weighted by atomic mass is 35.5. The zero-order chi connectivity index (χ0) is 16.3. The topological polar surface area (TPSA) is 46.6 Å². The van der Waals surface area contributed by atoms with Gasteiger partial charge >= 0.3 is 0 Å². The van der Waals surface area contributed by atoms with E-state index >= 15 is 0 Å². The lowest BCUT2D eigenvalue weighted by molar-refractivity contribution is 0.0927. The number of nitrogens with zero attached hydrogens (tertiary/aromatic N) is 1. The Kier molecular flexibility index (Phi) is 5.38. The number of benzene rings is 1. The molecule has 0 bridgehead atoms. The van der Waals surface area contributed by atoms with E-state index in [2.05, 4.69) is 0 Å². The summed E-state index contributed by atoms with van der Waals surface area (Å²) in [5, 5.41) is 2.47. The Morgan fingerprint density at radius 3 is 2.65 bits per heavy atom. The van der Waals surface area contributed by atoms with Crippen LogP contribution >= 0.6 is 22.9 Å². The van der Waals surface area contributed by atoms with Crippen molar-refractivity contribution < 1.29 is 13.2 Å². The third-order valence-electron chi connectivity index (χ3n) is 3.79. The Hall–Kier alpha value is -0.920. The molecule has 0 saturated carbocycles. The first kappa shape index (κ1) is 16.9. The molecule has 1 aromatic heterocycles. The first-order valence-corrected chi connectivity index (χ1v) is 10.2. The van der Waals surface area contributed by atoms with E-state index < -0.39 is 10.0 Å². The molecule has 3 rings (SSSR count). The lowest BCUT2D eigenvalue weighted by atomic mass is 10.2. The van der Waals surface area contributed by atoms with Crippen LogP contribution in [0, 0.1) is 0 Å². The van der Waals surface area contributed by atoms with Gasteiger partial charge in [0.25, 0.3) is 0 Å². The van der Waals surface area contributed by atoms with Crippen molar-refractivity contribution in [3.8, 4) is 0 Å². The third kappa shape index (κ3) is 4.14. The maximum absolute atomic E-state index is 13.0.